The summed E-state index contributed by atoms with van der Waals surface area (Å²) in [5.41, 5.74) is 0.897. The van der Waals surface area contributed by atoms with Crippen LogP contribution in [0, 0.1) is 0 Å². The molecule has 1 heterocycles. The molecule has 132 valence electrons. The van der Waals surface area contributed by atoms with E-state index < -0.39 is 10.0 Å². The molecule has 6 heteroatoms. The average molecular weight is 358 g/mol. The predicted molar refractivity (Wildman–Crippen MR) is 98.0 cm³/mol. The molecule has 1 aliphatic rings. The van der Waals surface area contributed by atoms with Crippen LogP contribution in [0.25, 0.3) is 0 Å². The molecule has 1 unspecified atom stereocenters. The van der Waals surface area contributed by atoms with Crippen molar-refractivity contribution in [2.75, 3.05) is 11.3 Å². The fourth-order valence-corrected chi connectivity index (χ4v) is 4.19. The van der Waals surface area contributed by atoms with E-state index in [1.807, 2.05) is 17.9 Å². The van der Waals surface area contributed by atoms with Gasteiger partial charge in [-0.15, -0.1) is 0 Å². The molecule has 2 aromatic carbocycles. The Bertz CT molecular complexity index is 850. The van der Waals surface area contributed by atoms with Crippen LogP contribution in [0.1, 0.15) is 36.5 Å². The molecule has 25 heavy (non-hydrogen) atoms. The van der Waals surface area contributed by atoms with Gasteiger partial charge >= 0.3 is 0 Å². The summed E-state index contributed by atoms with van der Waals surface area (Å²) in [6.45, 7) is 2.76. The molecule has 1 aliphatic heterocycles. The van der Waals surface area contributed by atoms with Crippen molar-refractivity contribution in [2.45, 2.75) is 37.1 Å². The lowest BCUT2D eigenvalue weighted by molar-refractivity contribution is 0.0635. The minimum absolute atomic E-state index is 0.0897. The second kappa shape index (κ2) is 7.27. The summed E-state index contributed by atoms with van der Waals surface area (Å²) >= 11 is 0. The number of anilines is 1. The van der Waals surface area contributed by atoms with Gasteiger partial charge in [0.05, 0.1) is 4.90 Å². The van der Waals surface area contributed by atoms with Gasteiger partial charge in [0.2, 0.25) is 0 Å². The summed E-state index contributed by atoms with van der Waals surface area (Å²) < 4.78 is 27.7. The van der Waals surface area contributed by atoms with Crippen molar-refractivity contribution in [3.63, 3.8) is 0 Å². The largest absolute Gasteiger partial charge is 0.336 e. The Labute approximate surface area is 148 Å². The van der Waals surface area contributed by atoms with Gasteiger partial charge in [0.15, 0.2) is 0 Å². The summed E-state index contributed by atoms with van der Waals surface area (Å²) in [5.74, 6) is -0.107. The van der Waals surface area contributed by atoms with Gasteiger partial charge in [-0.1, -0.05) is 24.3 Å². The topological polar surface area (TPSA) is 66.5 Å². The van der Waals surface area contributed by atoms with Gasteiger partial charge in [0.1, 0.15) is 0 Å². The normalized spacial score (nSPS) is 18.0. The highest BCUT2D eigenvalue weighted by atomic mass is 32.2. The van der Waals surface area contributed by atoms with Crippen molar-refractivity contribution >= 4 is 21.6 Å². The van der Waals surface area contributed by atoms with Gasteiger partial charge in [-0.05, 0) is 56.5 Å². The fourth-order valence-electron chi connectivity index (χ4n) is 3.08. The Balaban J connectivity index is 1.84. The number of piperidine rings is 1. The number of nitrogens with one attached hydrogen (secondary N) is 1. The number of carbonyl (C=O) groups is 1. The van der Waals surface area contributed by atoms with Crippen LogP contribution in [0.4, 0.5) is 5.69 Å². The number of amides is 1. The van der Waals surface area contributed by atoms with E-state index in [-0.39, 0.29) is 16.8 Å². The Kier molecular flexibility index (Phi) is 5.08. The number of para-hydroxylation sites is 1. The van der Waals surface area contributed by atoms with Crippen LogP contribution in [-0.4, -0.2) is 31.8 Å². The smallest absolute Gasteiger partial charge is 0.261 e. The molecule has 0 bridgehead atoms. The average Bonchev–Trinajstić information content (AvgIpc) is 2.62. The molecule has 0 aromatic heterocycles. The van der Waals surface area contributed by atoms with Crippen molar-refractivity contribution in [1.82, 2.24) is 4.90 Å². The van der Waals surface area contributed by atoms with Crippen LogP contribution >= 0.6 is 0 Å². The number of hydrogen-bond acceptors (Lipinski definition) is 3. The lowest BCUT2D eigenvalue weighted by atomic mass is 10.0. The van der Waals surface area contributed by atoms with E-state index in [0.717, 1.165) is 25.8 Å². The second-order valence-corrected chi connectivity index (χ2v) is 8.03. The third-order valence-electron chi connectivity index (χ3n) is 4.48. The molecule has 0 spiro atoms. The van der Waals surface area contributed by atoms with E-state index in [4.69, 9.17) is 0 Å². The van der Waals surface area contributed by atoms with E-state index in [0.29, 0.717) is 11.3 Å². The van der Waals surface area contributed by atoms with Crippen molar-refractivity contribution in [1.29, 1.82) is 0 Å². The van der Waals surface area contributed by atoms with Crippen molar-refractivity contribution in [3.8, 4) is 0 Å². The van der Waals surface area contributed by atoms with Gasteiger partial charge < -0.3 is 4.90 Å². The molecule has 1 saturated heterocycles. The molecular formula is C19H22N2O3S. The quantitative estimate of drug-likeness (QED) is 0.910. The fraction of sp³-hybridized carbons (Fsp3) is 0.316. The number of hydrogen-bond donors (Lipinski definition) is 1. The minimum atomic E-state index is -3.73. The Morgan fingerprint density at radius 2 is 1.84 bits per heavy atom. The molecule has 2 aromatic rings. The molecule has 1 atom stereocenters. The standard InChI is InChI=1S/C19H22N2O3S/c1-15-8-5-6-13-21(15)19(22)16-9-7-12-18(14-16)25(23,24)20-17-10-3-2-4-11-17/h2-4,7,9-12,14-15,20H,5-6,8,13H2,1H3. The highest BCUT2D eigenvalue weighted by molar-refractivity contribution is 7.92. The third kappa shape index (κ3) is 4.02. The third-order valence-corrected chi connectivity index (χ3v) is 5.86. The summed E-state index contributed by atoms with van der Waals surface area (Å²) in [5, 5.41) is 0. The van der Waals surface area contributed by atoms with Crippen LogP contribution in [0.3, 0.4) is 0 Å². The molecule has 0 saturated carbocycles. The van der Waals surface area contributed by atoms with Crippen molar-refractivity contribution in [3.05, 3.63) is 60.2 Å². The first-order chi connectivity index (χ1) is 12.0. The highest BCUT2D eigenvalue weighted by Gasteiger charge is 2.25. The number of carbonyl (C=O) groups excluding carboxylic acids is 1. The summed E-state index contributed by atoms with van der Waals surface area (Å²) in [7, 11) is -3.73. The van der Waals surface area contributed by atoms with Crippen molar-refractivity contribution in [2.24, 2.45) is 0 Å². The zero-order valence-electron chi connectivity index (χ0n) is 14.2. The van der Waals surface area contributed by atoms with E-state index in [1.54, 1.807) is 36.4 Å². The molecule has 0 radical (unpaired) electrons. The van der Waals surface area contributed by atoms with Gasteiger partial charge in [-0.3, -0.25) is 9.52 Å². The lowest BCUT2D eigenvalue weighted by Crippen LogP contribution is -2.42. The number of benzene rings is 2. The van der Waals surface area contributed by atoms with Crippen LogP contribution < -0.4 is 4.72 Å². The van der Waals surface area contributed by atoms with E-state index in [9.17, 15) is 13.2 Å². The first kappa shape index (κ1) is 17.5. The second-order valence-electron chi connectivity index (χ2n) is 6.34. The number of likely N-dealkylation sites (tertiary alicyclic amines) is 1. The number of nitrogens with zero attached hydrogens (tertiary/aromatic N) is 1. The van der Waals surface area contributed by atoms with Crippen LogP contribution in [0.15, 0.2) is 59.5 Å². The first-order valence-electron chi connectivity index (χ1n) is 8.46. The monoisotopic (exact) mass is 358 g/mol. The first-order valence-corrected chi connectivity index (χ1v) is 9.94. The van der Waals surface area contributed by atoms with Gasteiger partial charge in [-0.2, -0.15) is 0 Å². The summed E-state index contributed by atoms with van der Waals surface area (Å²) in [4.78, 5) is 14.7. The maximum atomic E-state index is 12.8. The van der Waals surface area contributed by atoms with Gasteiger partial charge in [-0.25, -0.2) is 8.42 Å². The van der Waals surface area contributed by atoms with Crippen molar-refractivity contribution < 1.29 is 13.2 Å². The molecule has 1 fully saturated rings. The van der Waals surface area contributed by atoms with Crippen LogP contribution in [0.2, 0.25) is 0 Å². The minimum Gasteiger partial charge on any atom is -0.336 e. The van der Waals surface area contributed by atoms with Crippen LogP contribution in [0.5, 0.6) is 0 Å². The Morgan fingerprint density at radius 3 is 2.56 bits per heavy atom. The maximum absolute atomic E-state index is 12.8. The van der Waals surface area contributed by atoms with Crippen LogP contribution in [-0.2, 0) is 10.0 Å². The van der Waals surface area contributed by atoms with E-state index in [2.05, 4.69) is 4.72 Å². The Morgan fingerprint density at radius 1 is 1.08 bits per heavy atom. The SMILES string of the molecule is CC1CCCCN1C(=O)c1cccc(S(=O)(=O)Nc2ccccc2)c1. The predicted octanol–water partition coefficient (Wildman–Crippen LogP) is 3.50. The number of rotatable bonds is 4. The highest BCUT2D eigenvalue weighted by Crippen LogP contribution is 2.21. The zero-order valence-corrected chi connectivity index (χ0v) is 15.0. The number of sulfonamides is 1. The molecular weight excluding hydrogens is 336 g/mol. The molecule has 1 amide bonds. The molecule has 0 aliphatic carbocycles. The zero-order chi connectivity index (χ0) is 17.9. The lowest BCUT2D eigenvalue weighted by Gasteiger charge is -2.33. The molecule has 5 nitrogen and oxygen atoms in total. The summed E-state index contributed by atoms with van der Waals surface area (Å²) in [6.07, 6.45) is 3.10. The van der Waals surface area contributed by atoms with E-state index >= 15 is 0 Å². The molecule has 1 N–H and O–H groups in total. The Hall–Kier alpha value is -2.34. The maximum Gasteiger partial charge on any atom is 0.261 e. The van der Waals surface area contributed by atoms with E-state index in [1.165, 1.54) is 12.1 Å². The summed E-state index contributed by atoms with van der Waals surface area (Å²) in [6, 6.07) is 15.1. The van der Waals surface area contributed by atoms with Gasteiger partial charge in [0.25, 0.3) is 15.9 Å². The van der Waals surface area contributed by atoms with Gasteiger partial charge in [0, 0.05) is 23.8 Å². The molecule has 3 rings (SSSR count).